The molecule has 1 aliphatic heterocycles. The Morgan fingerprint density at radius 1 is 1.11 bits per heavy atom. The lowest BCUT2D eigenvalue weighted by Crippen LogP contribution is -2.33. The minimum atomic E-state index is -1.01. The van der Waals surface area contributed by atoms with E-state index in [9.17, 15) is 14.4 Å². The van der Waals surface area contributed by atoms with E-state index < -0.39 is 17.3 Å². The van der Waals surface area contributed by atoms with E-state index in [-0.39, 0.29) is 34.9 Å². The van der Waals surface area contributed by atoms with Crippen LogP contribution in [-0.4, -0.2) is 25.9 Å². The number of hydrogen-bond donors (Lipinski definition) is 1. The van der Waals surface area contributed by atoms with Crippen molar-refractivity contribution >= 4 is 0 Å². The molecular formula is C26H24FN3O5. The average molecular weight is 477 g/mol. The lowest BCUT2D eigenvalue weighted by molar-refractivity contribution is 0.323. The van der Waals surface area contributed by atoms with Gasteiger partial charge in [0.1, 0.15) is 23.2 Å². The Morgan fingerprint density at radius 3 is 2.34 bits per heavy atom. The molecule has 0 amide bonds. The fourth-order valence-corrected chi connectivity index (χ4v) is 4.31. The van der Waals surface area contributed by atoms with E-state index in [0.717, 1.165) is 0 Å². The molecule has 4 rings (SSSR count). The van der Waals surface area contributed by atoms with Crippen LogP contribution in [-0.2, 0) is 6.54 Å². The van der Waals surface area contributed by atoms with Crippen molar-refractivity contribution in [2.75, 3.05) is 21.3 Å². The van der Waals surface area contributed by atoms with Crippen molar-refractivity contribution in [1.82, 2.24) is 4.57 Å². The number of aromatic nitrogens is 1. The number of fused-ring (bicyclic) bond motifs is 1. The van der Waals surface area contributed by atoms with E-state index in [2.05, 4.69) is 0 Å². The monoisotopic (exact) mass is 477 g/mol. The van der Waals surface area contributed by atoms with Crippen LogP contribution in [0.1, 0.15) is 28.3 Å². The lowest BCUT2D eigenvalue weighted by atomic mass is 9.83. The smallest absolute Gasteiger partial charge is 0.259 e. The number of nitriles is 1. The highest BCUT2D eigenvalue weighted by Gasteiger charge is 2.35. The summed E-state index contributed by atoms with van der Waals surface area (Å²) in [4.78, 5) is 13.8. The van der Waals surface area contributed by atoms with Gasteiger partial charge in [0, 0.05) is 17.3 Å². The normalized spacial score (nSPS) is 14.6. The summed E-state index contributed by atoms with van der Waals surface area (Å²) in [6.07, 6.45) is 0. The van der Waals surface area contributed by atoms with Crippen molar-refractivity contribution in [2.24, 2.45) is 5.73 Å². The molecule has 0 radical (unpaired) electrons. The molecule has 1 atom stereocenters. The minimum Gasteiger partial charge on any atom is -0.493 e. The summed E-state index contributed by atoms with van der Waals surface area (Å²) in [5.74, 6) is -0.208. The van der Waals surface area contributed by atoms with Crippen molar-refractivity contribution < 1.29 is 23.3 Å². The molecule has 2 heterocycles. The Kier molecular flexibility index (Phi) is 6.38. The molecule has 0 fully saturated rings. The van der Waals surface area contributed by atoms with Crippen molar-refractivity contribution in [3.05, 3.63) is 92.5 Å². The van der Waals surface area contributed by atoms with E-state index in [1.807, 2.05) is 6.07 Å². The van der Waals surface area contributed by atoms with Gasteiger partial charge in [-0.15, -0.1) is 0 Å². The second-order valence-corrected chi connectivity index (χ2v) is 7.93. The molecule has 180 valence electrons. The molecule has 0 bridgehead atoms. The maximum Gasteiger partial charge on any atom is 0.259 e. The fraction of sp³-hybridized carbons (Fsp3) is 0.231. The predicted molar refractivity (Wildman–Crippen MR) is 126 cm³/mol. The molecule has 2 aromatic carbocycles. The predicted octanol–water partition coefficient (Wildman–Crippen LogP) is 3.59. The number of aryl methyl sites for hydroxylation is 1. The van der Waals surface area contributed by atoms with Crippen LogP contribution in [0, 0.1) is 24.1 Å². The average Bonchev–Trinajstić information content (AvgIpc) is 2.85. The summed E-state index contributed by atoms with van der Waals surface area (Å²) < 4.78 is 38.2. The second-order valence-electron chi connectivity index (χ2n) is 7.93. The number of nitrogens with zero attached hydrogens (tertiary/aromatic N) is 2. The zero-order valence-corrected chi connectivity index (χ0v) is 19.7. The third-order valence-electron chi connectivity index (χ3n) is 5.97. The first-order valence-corrected chi connectivity index (χ1v) is 10.7. The van der Waals surface area contributed by atoms with Crippen LogP contribution in [0.4, 0.5) is 4.39 Å². The summed E-state index contributed by atoms with van der Waals surface area (Å²) >= 11 is 0. The van der Waals surface area contributed by atoms with Gasteiger partial charge in [0.25, 0.3) is 5.56 Å². The third kappa shape index (κ3) is 4.04. The van der Waals surface area contributed by atoms with Gasteiger partial charge in [0.2, 0.25) is 11.6 Å². The lowest BCUT2D eigenvalue weighted by Gasteiger charge is -2.27. The molecule has 1 aromatic heterocycles. The number of methoxy groups -OCH3 is 3. The molecule has 0 saturated carbocycles. The van der Waals surface area contributed by atoms with E-state index in [1.165, 1.54) is 44.1 Å². The number of hydrogen-bond acceptors (Lipinski definition) is 7. The largest absolute Gasteiger partial charge is 0.493 e. The molecule has 8 nitrogen and oxygen atoms in total. The second kappa shape index (κ2) is 9.43. The van der Waals surface area contributed by atoms with Crippen molar-refractivity contribution in [2.45, 2.75) is 19.4 Å². The van der Waals surface area contributed by atoms with Crippen LogP contribution in [0.15, 0.2) is 58.7 Å². The molecular weight excluding hydrogens is 453 g/mol. The molecule has 9 heteroatoms. The molecule has 0 spiro atoms. The molecule has 3 aromatic rings. The summed E-state index contributed by atoms with van der Waals surface area (Å²) in [6.45, 7) is 1.90. The quantitative estimate of drug-likeness (QED) is 0.578. The van der Waals surface area contributed by atoms with Crippen LogP contribution >= 0.6 is 0 Å². The Balaban J connectivity index is 1.91. The van der Waals surface area contributed by atoms with Crippen LogP contribution in [0.3, 0.4) is 0 Å². The van der Waals surface area contributed by atoms with Crippen LogP contribution in [0.5, 0.6) is 23.0 Å². The van der Waals surface area contributed by atoms with Gasteiger partial charge in [0.15, 0.2) is 11.5 Å². The van der Waals surface area contributed by atoms with E-state index in [0.29, 0.717) is 28.5 Å². The zero-order valence-electron chi connectivity index (χ0n) is 19.7. The number of allylic oxidation sites excluding steroid dienone is 1. The van der Waals surface area contributed by atoms with Crippen molar-refractivity contribution in [1.29, 1.82) is 5.26 Å². The SMILES string of the molecule is COc1cc(Cn2c(C)cc3c(c2=O)C(c2ccccc2F)C(C#N)=C(N)O3)cc(OC)c1OC. The highest BCUT2D eigenvalue weighted by Crippen LogP contribution is 2.42. The minimum absolute atomic E-state index is 0.0251. The molecule has 2 N–H and O–H groups in total. The van der Waals surface area contributed by atoms with Gasteiger partial charge in [0.05, 0.1) is 39.4 Å². The molecule has 1 aliphatic rings. The van der Waals surface area contributed by atoms with E-state index in [4.69, 9.17) is 24.7 Å². The van der Waals surface area contributed by atoms with Crippen LogP contribution in [0.25, 0.3) is 0 Å². The van der Waals surface area contributed by atoms with E-state index in [1.54, 1.807) is 31.2 Å². The maximum absolute atomic E-state index is 14.8. The van der Waals surface area contributed by atoms with Gasteiger partial charge in [-0.2, -0.15) is 5.26 Å². The first kappa shape index (κ1) is 23.7. The van der Waals surface area contributed by atoms with Gasteiger partial charge >= 0.3 is 0 Å². The maximum atomic E-state index is 14.8. The summed E-state index contributed by atoms with van der Waals surface area (Å²) in [7, 11) is 4.52. The standard InChI is InChI=1S/C26H24FN3O5/c1-14-9-19-23(22(17(12-28)25(29)35-19)16-7-5-6-8-18(16)27)26(31)30(14)13-15-10-20(32-2)24(34-4)21(11-15)33-3/h5-11,22H,13,29H2,1-4H3. The number of benzene rings is 2. The Labute approximate surface area is 201 Å². The van der Waals surface area contributed by atoms with Gasteiger partial charge in [-0.05, 0) is 30.7 Å². The van der Waals surface area contributed by atoms with Gasteiger partial charge in [-0.3, -0.25) is 4.79 Å². The van der Waals surface area contributed by atoms with Crippen molar-refractivity contribution in [3.63, 3.8) is 0 Å². The van der Waals surface area contributed by atoms with Crippen LogP contribution in [0.2, 0.25) is 0 Å². The number of pyridine rings is 1. The Hall–Kier alpha value is -4.45. The van der Waals surface area contributed by atoms with Gasteiger partial charge < -0.3 is 29.2 Å². The first-order chi connectivity index (χ1) is 16.8. The number of nitrogens with two attached hydrogens (primary N) is 1. The Bertz CT molecular complexity index is 1410. The number of rotatable bonds is 6. The topological polar surface area (TPSA) is 109 Å². The number of halogens is 1. The van der Waals surface area contributed by atoms with Crippen LogP contribution < -0.4 is 30.2 Å². The van der Waals surface area contributed by atoms with Crippen molar-refractivity contribution in [3.8, 4) is 29.1 Å². The van der Waals surface area contributed by atoms with Gasteiger partial charge in [-0.1, -0.05) is 18.2 Å². The summed E-state index contributed by atoms with van der Waals surface area (Å²) in [5.41, 5.74) is 7.14. The van der Waals surface area contributed by atoms with E-state index >= 15 is 0 Å². The first-order valence-electron chi connectivity index (χ1n) is 10.7. The molecule has 1 unspecified atom stereocenters. The third-order valence-corrected chi connectivity index (χ3v) is 5.97. The number of ether oxygens (including phenoxy) is 4. The molecule has 0 aliphatic carbocycles. The molecule has 0 saturated heterocycles. The highest BCUT2D eigenvalue weighted by molar-refractivity contribution is 5.56. The summed E-state index contributed by atoms with van der Waals surface area (Å²) in [5, 5.41) is 9.79. The highest BCUT2D eigenvalue weighted by atomic mass is 19.1. The summed E-state index contributed by atoms with van der Waals surface area (Å²) in [6, 6.07) is 13.1. The zero-order chi connectivity index (χ0) is 25.3. The molecule has 35 heavy (non-hydrogen) atoms. The fourth-order valence-electron chi connectivity index (χ4n) is 4.31. The Morgan fingerprint density at radius 2 is 1.77 bits per heavy atom. The van der Waals surface area contributed by atoms with Gasteiger partial charge in [-0.25, -0.2) is 4.39 Å².